The lowest BCUT2D eigenvalue weighted by molar-refractivity contribution is -0.117. The first kappa shape index (κ1) is 16.1. The number of amides is 1. The number of nitriles is 1. The Labute approximate surface area is 143 Å². The number of carbonyl (C=O) groups is 1. The van der Waals surface area contributed by atoms with Crippen LogP contribution in [-0.4, -0.2) is 20.7 Å². The fourth-order valence-electron chi connectivity index (χ4n) is 2.21. The van der Waals surface area contributed by atoms with Gasteiger partial charge in [0, 0.05) is 17.8 Å². The summed E-state index contributed by atoms with van der Waals surface area (Å²) in [5, 5.41) is 15.6. The van der Waals surface area contributed by atoms with Gasteiger partial charge in [-0.25, -0.2) is 9.67 Å². The fraction of sp³-hybridized carbons (Fsp3) is 0.0556. The van der Waals surface area contributed by atoms with Crippen molar-refractivity contribution in [3.63, 3.8) is 0 Å². The molecular formula is C18H13N5O2. The summed E-state index contributed by atoms with van der Waals surface area (Å²) in [6.07, 6.45) is 1.43. The molecule has 0 atom stereocenters. The number of carbonyl (C=O) groups excluding carboxylic acids is 1. The van der Waals surface area contributed by atoms with Crippen molar-refractivity contribution >= 4 is 11.7 Å². The maximum absolute atomic E-state index is 12.1. The van der Waals surface area contributed by atoms with Crippen molar-refractivity contribution in [1.29, 1.82) is 5.26 Å². The molecule has 7 heteroatoms. The minimum Gasteiger partial charge on any atom is -0.309 e. The molecule has 0 saturated carbocycles. The predicted octanol–water partition coefficient (Wildman–Crippen LogP) is 1.82. The molecule has 25 heavy (non-hydrogen) atoms. The highest BCUT2D eigenvalue weighted by Gasteiger charge is 2.09. The van der Waals surface area contributed by atoms with Crippen LogP contribution >= 0.6 is 0 Å². The van der Waals surface area contributed by atoms with E-state index in [9.17, 15) is 9.59 Å². The Bertz CT molecular complexity index is 1010. The highest BCUT2D eigenvalue weighted by Crippen LogP contribution is 2.14. The van der Waals surface area contributed by atoms with Crippen LogP contribution in [0.3, 0.4) is 0 Å². The number of pyridine rings is 1. The molecule has 3 aromatic rings. The highest BCUT2D eigenvalue weighted by molar-refractivity contribution is 5.89. The molecule has 0 radical (unpaired) electrons. The van der Waals surface area contributed by atoms with Crippen LogP contribution in [0, 0.1) is 11.3 Å². The van der Waals surface area contributed by atoms with Gasteiger partial charge in [0.15, 0.2) is 0 Å². The van der Waals surface area contributed by atoms with Crippen LogP contribution in [0.2, 0.25) is 0 Å². The van der Waals surface area contributed by atoms with E-state index in [1.165, 1.54) is 24.4 Å². The Morgan fingerprint density at radius 3 is 2.72 bits per heavy atom. The van der Waals surface area contributed by atoms with E-state index in [-0.39, 0.29) is 17.9 Å². The van der Waals surface area contributed by atoms with Gasteiger partial charge in [-0.2, -0.15) is 10.4 Å². The molecule has 1 N–H and O–H groups in total. The van der Waals surface area contributed by atoms with E-state index in [4.69, 9.17) is 5.26 Å². The summed E-state index contributed by atoms with van der Waals surface area (Å²) in [7, 11) is 0. The van der Waals surface area contributed by atoms with Crippen molar-refractivity contribution in [2.45, 2.75) is 6.54 Å². The molecule has 2 aromatic heterocycles. The molecule has 1 aromatic carbocycles. The van der Waals surface area contributed by atoms with Crippen molar-refractivity contribution < 1.29 is 4.79 Å². The molecule has 0 aliphatic carbocycles. The van der Waals surface area contributed by atoms with Gasteiger partial charge in [-0.3, -0.25) is 9.59 Å². The molecule has 0 saturated heterocycles. The van der Waals surface area contributed by atoms with Crippen molar-refractivity contribution in [3.8, 4) is 17.3 Å². The van der Waals surface area contributed by atoms with Crippen LogP contribution in [0.4, 0.5) is 5.82 Å². The summed E-state index contributed by atoms with van der Waals surface area (Å²) in [6, 6.07) is 17.3. The maximum atomic E-state index is 12.1. The van der Waals surface area contributed by atoms with E-state index in [1.54, 1.807) is 6.07 Å². The average molecular weight is 331 g/mol. The summed E-state index contributed by atoms with van der Waals surface area (Å²) >= 11 is 0. The normalized spacial score (nSPS) is 10.0. The second-order valence-electron chi connectivity index (χ2n) is 5.17. The van der Waals surface area contributed by atoms with Crippen molar-refractivity contribution in [3.05, 3.63) is 76.7 Å². The van der Waals surface area contributed by atoms with E-state index < -0.39 is 5.91 Å². The number of benzene rings is 1. The summed E-state index contributed by atoms with van der Waals surface area (Å²) < 4.78 is 1.09. The number of hydrogen-bond acceptors (Lipinski definition) is 5. The summed E-state index contributed by atoms with van der Waals surface area (Å²) in [6.45, 7) is -0.252. The first-order valence-electron chi connectivity index (χ1n) is 7.45. The van der Waals surface area contributed by atoms with Crippen LogP contribution < -0.4 is 10.9 Å². The third kappa shape index (κ3) is 3.95. The summed E-state index contributed by atoms with van der Waals surface area (Å²) in [5.41, 5.74) is 1.44. The third-order valence-corrected chi connectivity index (χ3v) is 3.39. The summed E-state index contributed by atoms with van der Waals surface area (Å²) in [5.74, 6) is -0.210. The lowest BCUT2D eigenvalue weighted by Crippen LogP contribution is -2.29. The molecule has 0 aliphatic rings. The maximum Gasteiger partial charge on any atom is 0.267 e. The first-order chi connectivity index (χ1) is 12.2. The molecule has 2 heterocycles. The Morgan fingerprint density at radius 1 is 1.16 bits per heavy atom. The van der Waals surface area contributed by atoms with Gasteiger partial charge in [0.1, 0.15) is 12.4 Å². The lowest BCUT2D eigenvalue weighted by atomic mass is 10.1. The minimum atomic E-state index is -0.456. The predicted molar refractivity (Wildman–Crippen MR) is 91.5 cm³/mol. The molecule has 7 nitrogen and oxygen atoms in total. The van der Waals surface area contributed by atoms with Gasteiger partial charge in [-0.05, 0) is 18.2 Å². The number of rotatable bonds is 4. The van der Waals surface area contributed by atoms with Crippen LogP contribution in [0.1, 0.15) is 5.56 Å². The number of hydrogen-bond donors (Lipinski definition) is 1. The monoisotopic (exact) mass is 331 g/mol. The molecule has 122 valence electrons. The largest absolute Gasteiger partial charge is 0.309 e. The minimum absolute atomic E-state index is 0.247. The van der Waals surface area contributed by atoms with E-state index in [0.717, 1.165) is 10.2 Å². The average Bonchev–Trinajstić information content (AvgIpc) is 2.64. The molecule has 3 rings (SSSR count). The molecule has 0 unspecified atom stereocenters. The van der Waals surface area contributed by atoms with Crippen LogP contribution in [-0.2, 0) is 11.3 Å². The van der Waals surface area contributed by atoms with Gasteiger partial charge in [-0.15, -0.1) is 0 Å². The second kappa shape index (κ2) is 7.19. The standard InChI is InChI=1S/C18H13N5O2/c19-11-13-8-9-20-16(10-13)21-17(24)12-23-18(25)7-6-15(22-23)14-4-2-1-3-5-14/h1-10H,12H2,(H,20,21,24). The molecule has 0 spiro atoms. The number of anilines is 1. The quantitative estimate of drug-likeness (QED) is 0.786. The number of aromatic nitrogens is 3. The first-order valence-corrected chi connectivity index (χ1v) is 7.45. The van der Waals surface area contributed by atoms with Crippen LogP contribution in [0.15, 0.2) is 65.6 Å². The second-order valence-corrected chi connectivity index (χ2v) is 5.17. The zero-order valence-electron chi connectivity index (χ0n) is 13.1. The van der Waals surface area contributed by atoms with Crippen LogP contribution in [0.25, 0.3) is 11.3 Å². The third-order valence-electron chi connectivity index (χ3n) is 3.39. The van der Waals surface area contributed by atoms with Crippen molar-refractivity contribution in [2.24, 2.45) is 0 Å². The Balaban J connectivity index is 1.79. The van der Waals surface area contributed by atoms with Crippen molar-refractivity contribution in [1.82, 2.24) is 14.8 Å². The molecular weight excluding hydrogens is 318 g/mol. The van der Waals surface area contributed by atoms with Gasteiger partial charge in [-0.1, -0.05) is 30.3 Å². The molecule has 0 bridgehead atoms. The summed E-state index contributed by atoms with van der Waals surface area (Å²) in [4.78, 5) is 28.1. The highest BCUT2D eigenvalue weighted by atomic mass is 16.2. The van der Waals surface area contributed by atoms with Gasteiger partial charge in [0.2, 0.25) is 5.91 Å². The van der Waals surface area contributed by atoms with Gasteiger partial charge in [0.05, 0.1) is 17.3 Å². The topological polar surface area (TPSA) is 101 Å². The lowest BCUT2D eigenvalue weighted by Gasteiger charge is -2.08. The van der Waals surface area contributed by atoms with Crippen molar-refractivity contribution in [2.75, 3.05) is 5.32 Å². The van der Waals surface area contributed by atoms with E-state index in [1.807, 2.05) is 36.4 Å². The zero-order valence-corrected chi connectivity index (χ0v) is 13.1. The zero-order chi connectivity index (χ0) is 17.6. The van der Waals surface area contributed by atoms with Gasteiger partial charge < -0.3 is 5.32 Å². The smallest absolute Gasteiger partial charge is 0.267 e. The number of nitrogens with one attached hydrogen (secondary N) is 1. The van der Waals surface area contributed by atoms with E-state index in [0.29, 0.717) is 11.3 Å². The Morgan fingerprint density at radius 2 is 1.96 bits per heavy atom. The SMILES string of the molecule is N#Cc1ccnc(NC(=O)Cn2nc(-c3ccccc3)ccc2=O)c1. The van der Waals surface area contributed by atoms with E-state index in [2.05, 4.69) is 15.4 Å². The molecule has 0 fully saturated rings. The van der Waals surface area contributed by atoms with Crippen LogP contribution in [0.5, 0.6) is 0 Å². The molecule has 0 aliphatic heterocycles. The molecule has 1 amide bonds. The Kier molecular flexibility index (Phi) is 4.62. The number of nitrogens with zero attached hydrogens (tertiary/aromatic N) is 4. The van der Waals surface area contributed by atoms with Gasteiger partial charge in [0.25, 0.3) is 5.56 Å². The Hall–Kier alpha value is -3.79. The fourth-order valence-corrected chi connectivity index (χ4v) is 2.21. The van der Waals surface area contributed by atoms with E-state index >= 15 is 0 Å². The van der Waals surface area contributed by atoms with Gasteiger partial charge >= 0.3 is 0 Å².